The normalized spacial score (nSPS) is 12.4. The SMILES string of the molecule is [2H]N([2H])C(=O)/C=C/c1ccccc1. The maximum absolute atomic E-state index is 10.8. The summed E-state index contributed by atoms with van der Waals surface area (Å²) in [6.45, 7) is 0. The van der Waals surface area contributed by atoms with E-state index in [0.717, 1.165) is 5.56 Å². The molecule has 0 bridgehead atoms. The van der Waals surface area contributed by atoms with Crippen molar-refractivity contribution in [3.63, 3.8) is 0 Å². The van der Waals surface area contributed by atoms with Crippen LogP contribution in [0.15, 0.2) is 36.4 Å². The highest BCUT2D eigenvalue weighted by atomic mass is 16.1. The first-order chi connectivity index (χ1) is 6.20. The Hall–Kier alpha value is -1.57. The summed E-state index contributed by atoms with van der Waals surface area (Å²) >= 11 is 0. The minimum absolute atomic E-state index is 0.0411. The second-order valence-electron chi connectivity index (χ2n) is 2.08. The first-order valence-electron chi connectivity index (χ1n) is 4.14. The number of amides is 1. The van der Waals surface area contributed by atoms with E-state index in [1.807, 2.05) is 30.3 Å². The lowest BCUT2D eigenvalue weighted by Crippen LogP contribution is -2.04. The van der Waals surface area contributed by atoms with E-state index < -0.39 is 5.91 Å². The number of carbonyl (C=O) groups is 1. The number of rotatable bonds is 2. The Kier molecular flexibility index (Phi) is 1.66. The van der Waals surface area contributed by atoms with Gasteiger partial charge in [0.2, 0.25) is 5.91 Å². The van der Waals surface area contributed by atoms with Gasteiger partial charge in [-0.2, -0.15) is 0 Å². The molecule has 1 aromatic rings. The van der Waals surface area contributed by atoms with E-state index in [4.69, 9.17) is 2.82 Å². The Bertz CT molecular complexity index is 309. The lowest BCUT2D eigenvalue weighted by Gasteiger charge is -1.88. The van der Waals surface area contributed by atoms with Crippen molar-refractivity contribution in [1.82, 2.24) is 0 Å². The molecule has 2 N–H and O–H groups in total. The predicted octanol–water partition coefficient (Wildman–Crippen LogP) is 1.19. The van der Waals surface area contributed by atoms with E-state index in [1.54, 1.807) is 6.08 Å². The molecule has 0 unspecified atom stereocenters. The Morgan fingerprint density at radius 2 is 2.18 bits per heavy atom. The van der Waals surface area contributed by atoms with Crippen molar-refractivity contribution < 1.29 is 7.62 Å². The van der Waals surface area contributed by atoms with Crippen molar-refractivity contribution in [2.45, 2.75) is 0 Å². The maximum atomic E-state index is 10.8. The fourth-order valence-corrected chi connectivity index (χ4v) is 0.732. The fraction of sp³-hybridized carbons (Fsp3) is 0. The van der Waals surface area contributed by atoms with Crippen molar-refractivity contribution in [2.24, 2.45) is 5.72 Å². The second-order valence-corrected chi connectivity index (χ2v) is 2.08. The van der Waals surface area contributed by atoms with Gasteiger partial charge in [0.05, 0.1) is 0 Å². The molecule has 0 aliphatic heterocycles. The monoisotopic (exact) mass is 149 g/mol. The number of carbonyl (C=O) groups excluding carboxylic acids is 1. The summed E-state index contributed by atoms with van der Waals surface area (Å²) in [5.74, 6) is -0.663. The zero-order chi connectivity index (χ0) is 9.68. The van der Waals surface area contributed by atoms with Gasteiger partial charge in [-0.15, -0.1) is 0 Å². The van der Waals surface area contributed by atoms with E-state index in [-0.39, 0.29) is 5.72 Å². The van der Waals surface area contributed by atoms with Gasteiger partial charge in [0.15, 0.2) is 2.82 Å². The summed E-state index contributed by atoms with van der Waals surface area (Å²) in [6.07, 6.45) is 2.76. The molecule has 0 aliphatic rings. The van der Waals surface area contributed by atoms with Crippen LogP contribution in [0, 0.1) is 0 Å². The van der Waals surface area contributed by atoms with Crippen LogP contribution in [-0.4, -0.2) is 5.91 Å². The van der Waals surface area contributed by atoms with Crippen LogP contribution < -0.4 is 5.72 Å². The van der Waals surface area contributed by atoms with Crippen LogP contribution in [0.1, 0.15) is 5.56 Å². The number of hydrogen-bond donors (Lipinski definition) is 1. The highest BCUT2D eigenvalue weighted by molar-refractivity contribution is 5.90. The number of primary amides is 1. The van der Waals surface area contributed by atoms with Crippen LogP contribution >= 0.6 is 0 Å². The van der Waals surface area contributed by atoms with Crippen LogP contribution in [0.3, 0.4) is 0 Å². The average Bonchev–Trinajstić information content (AvgIpc) is 2.15. The van der Waals surface area contributed by atoms with Gasteiger partial charge in [0.25, 0.3) is 0 Å². The smallest absolute Gasteiger partial charge is 0.241 e. The lowest BCUT2D eigenvalue weighted by atomic mass is 10.2. The third kappa shape index (κ3) is 2.67. The molecule has 0 aromatic heterocycles. The Balaban J connectivity index is 2.64. The lowest BCUT2D eigenvalue weighted by molar-refractivity contribution is -0.113. The highest BCUT2D eigenvalue weighted by Gasteiger charge is 1.84. The molecule has 0 heterocycles. The summed E-state index contributed by atoms with van der Waals surface area (Å²) in [5.41, 5.74) is 0.914. The molecule has 0 aliphatic carbocycles. The molecule has 56 valence electrons. The standard InChI is InChI=1S/C9H9NO/c10-9(11)7-6-8-4-2-1-3-5-8/h1-7H,(H2,10,11)/b7-6+/i/hD2. The van der Waals surface area contributed by atoms with Crippen molar-refractivity contribution in [1.29, 1.82) is 0 Å². The van der Waals surface area contributed by atoms with E-state index in [2.05, 4.69) is 0 Å². The van der Waals surface area contributed by atoms with E-state index in [9.17, 15) is 4.79 Å². The zero-order valence-electron chi connectivity index (χ0n) is 7.90. The van der Waals surface area contributed by atoms with Crippen molar-refractivity contribution in [2.75, 3.05) is 0 Å². The zero-order valence-corrected chi connectivity index (χ0v) is 5.90. The minimum Gasteiger partial charge on any atom is -0.366 e. The van der Waals surface area contributed by atoms with Gasteiger partial charge < -0.3 is 5.72 Å². The van der Waals surface area contributed by atoms with E-state index in [1.165, 1.54) is 6.08 Å². The summed E-state index contributed by atoms with van der Waals surface area (Å²) in [7, 11) is 0. The Labute approximate surface area is 68.3 Å². The van der Waals surface area contributed by atoms with Crippen molar-refractivity contribution >= 4 is 12.0 Å². The van der Waals surface area contributed by atoms with Crippen molar-refractivity contribution in [3.05, 3.63) is 42.0 Å². The average molecular weight is 149 g/mol. The largest absolute Gasteiger partial charge is 0.366 e. The first kappa shape index (κ1) is 5.13. The Morgan fingerprint density at radius 3 is 2.82 bits per heavy atom. The molecule has 1 aromatic carbocycles. The first-order valence-corrected chi connectivity index (χ1v) is 3.25. The quantitative estimate of drug-likeness (QED) is 0.630. The summed E-state index contributed by atoms with van der Waals surface area (Å²) in [5, 5.41) is 0. The van der Waals surface area contributed by atoms with Gasteiger partial charge in [0.1, 0.15) is 0 Å². The maximum Gasteiger partial charge on any atom is 0.241 e. The number of benzene rings is 1. The molecular formula is C9H9NO. The summed E-state index contributed by atoms with van der Waals surface area (Å²) in [4.78, 5) is 10.8. The molecule has 0 radical (unpaired) electrons. The van der Waals surface area contributed by atoms with Gasteiger partial charge in [-0.05, 0) is 11.6 Å². The van der Waals surface area contributed by atoms with Crippen LogP contribution in [0.5, 0.6) is 0 Å². The molecule has 0 atom stereocenters. The number of nitrogens with two attached hydrogens (primary N) is 1. The van der Waals surface area contributed by atoms with Crippen LogP contribution in [0.2, 0.25) is 2.82 Å². The fourth-order valence-electron chi connectivity index (χ4n) is 0.732. The molecule has 0 spiro atoms. The van der Waals surface area contributed by atoms with Gasteiger partial charge >= 0.3 is 0 Å². The highest BCUT2D eigenvalue weighted by Crippen LogP contribution is 1.99. The van der Waals surface area contributed by atoms with Crippen molar-refractivity contribution in [3.8, 4) is 0 Å². The van der Waals surface area contributed by atoms with Crippen LogP contribution in [-0.2, 0) is 4.79 Å². The molecule has 11 heavy (non-hydrogen) atoms. The molecule has 0 saturated carbocycles. The molecular weight excluding hydrogens is 138 g/mol. The molecule has 2 heteroatoms. The van der Waals surface area contributed by atoms with E-state index in [0.29, 0.717) is 0 Å². The third-order valence-electron chi connectivity index (χ3n) is 1.22. The predicted molar refractivity (Wildman–Crippen MR) is 44.7 cm³/mol. The topological polar surface area (TPSA) is 43.1 Å². The van der Waals surface area contributed by atoms with Crippen LogP contribution in [0.25, 0.3) is 6.08 Å². The number of hydrogen-bond acceptors (Lipinski definition) is 1. The van der Waals surface area contributed by atoms with Gasteiger partial charge in [-0.1, -0.05) is 30.3 Å². The molecule has 1 amide bonds. The molecule has 0 fully saturated rings. The third-order valence-corrected chi connectivity index (χ3v) is 1.22. The summed E-state index contributed by atoms with van der Waals surface area (Å²) < 4.78 is 13.3. The second kappa shape index (κ2) is 3.56. The van der Waals surface area contributed by atoms with Gasteiger partial charge in [-0.3, -0.25) is 4.79 Å². The Morgan fingerprint density at radius 1 is 1.45 bits per heavy atom. The van der Waals surface area contributed by atoms with Gasteiger partial charge in [-0.25, -0.2) is 0 Å². The molecule has 1 rings (SSSR count). The summed E-state index contributed by atoms with van der Waals surface area (Å²) in [6, 6.07) is 9.25. The van der Waals surface area contributed by atoms with E-state index >= 15 is 0 Å². The van der Waals surface area contributed by atoms with Gasteiger partial charge in [0, 0.05) is 6.08 Å². The van der Waals surface area contributed by atoms with Crippen LogP contribution in [0.4, 0.5) is 0 Å². The molecule has 0 saturated heterocycles. The molecule has 2 nitrogen and oxygen atoms in total. The minimum atomic E-state index is -0.663.